The third-order valence-corrected chi connectivity index (χ3v) is 6.19. The molecule has 0 saturated carbocycles. The van der Waals surface area contributed by atoms with Crippen molar-refractivity contribution in [1.29, 1.82) is 5.26 Å². The third-order valence-electron chi connectivity index (χ3n) is 6.19. The Kier molecular flexibility index (Phi) is 7.92. The second kappa shape index (κ2) is 10.5. The van der Waals surface area contributed by atoms with Gasteiger partial charge in [-0.3, -0.25) is 9.59 Å². The third kappa shape index (κ3) is 5.81. The minimum Gasteiger partial charge on any atom is -0.392 e. The number of amides is 2. The molecule has 1 atom stereocenters. The number of carbonyl (C=O) groups is 2. The number of piperazine rings is 1. The fourth-order valence-corrected chi connectivity index (χ4v) is 4.30. The van der Waals surface area contributed by atoms with Crippen molar-refractivity contribution < 1.29 is 19.4 Å². The topological polar surface area (TPSA) is 119 Å². The molecule has 0 radical (unpaired) electrons. The van der Waals surface area contributed by atoms with E-state index in [2.05, 4.69) is 18.3 Å². The standard InChI is InChI=1S/C24H35N5O4/c1-5-6-7-20-19-15-33-24(3,4)12-17(19)18(13-25)21(27-20)28-8-10-29(11-9-28)23(32)22(31)26-14-16(2)30/h16,30H,5-12,14-15H2,1-4H3,(H,26,31). The van der Waals surface area contributed by atoms with Gasteiger partial charge in [-0.25, -0.2) is 4.98 Å². The van der Waals surface area contributed by atoms with Crippen LogP contribution < -0.4 is 10.2 Å². The number of nitrogens with zero attached hydrogens (tertiary/aromatic N) is 4. The fourth-order valence-electron chi connectivity index (χ4n) is 4.30. The first-order valence-electron chi connectivity index (χ1n) is 11.8. The molecule has 2 aliphatic rings. The van der Waals surface area contributed by atoms with E-state index < -0.39 is 17.9 Å². The average molecular weight is 458 g/mol. The molecule has 2 N–H and O–H groups in total. The second-order valence-electron chi connectivity index (χ2n) is 9.49. The molecule has 1 aromatic rings. The zero-order valence-corrected chi connectivity index (χ0v) is 20.1. The number of nitriles is 1. The Balaban J connectivity index is 1.81. The largest absolute Gasteiger partial charge is 0.392 e. The maximum Gasteiger partial charge on any atom is 0.312 e. The van der Waals surface area contributed by atoms with Crippen LogP contribution in [0.25, 0.3) is 0 Å². The number of unbranched alkanes of at least 4 members (excludes halogenated alkanes) is 1. The Morgan fingerprint density at radius 2 is 1.97 bits per heavy atom. The van der Waals surface area contributed by atoms with Crippen LogP contribution in [0.15, 0.2) is 0 Å². The number of aliphatic hydroxyl groups is 1. The maximum atomic E-state index is 12.4. The lowest BCUT2D eigenvalue weighted by molar-refractivity contribution is -0.146. The number of ether oxygens (including phenoxy) is 1. The summed E-state index contributed by atoms with van der Waals surface area (Å²) in [5, 5.41) is 21.8. The van der Waals surface area contributed by atoms with Crippen LogP contribution in [0.3, 0.4) is 0 Å². The Morgan fingerprint density at radius 1 is 1.27 bits per heavy atom. The minimum absolute atomic E-state index is 0.0374. The van der Waals surface area contributed by atoms with Gasteiger partial charge in [0.25, 0.3) is 0 Å². The van der Waals surface area contributed by atoms with Crippen LogP contribution in [0.1, 0.15) is 62.9 Å². The van der Waals surface area contributed by atoms with Gasteiger partial charge in [-0.2, -0.15) is 5.26 Å². The Labute approximate surface area is 195 Å². The van der Waals surface area contributed by atoms with Crippen molar-refractivity contribution in [2.45, 2.75) is 71.7 Å². The number of aryl methyl sites for hydroxylation is 1. The lowest BCUT2D eigenvalue weighted by Crippen LogP contribution is -2.53. The zero-order valence-electron chi connectivity index (χ0n) is 20.1. The molecule has 3 rings (SSSR count). The number of anilines is 1. The van der Waals surface area contributed by atoms with Crippen LogP contribution in [-0.2, 0) is 33.8 Å². The first kappa shape index (κ1) is 24.9. The highest BCUT2D eigenvalue weighted by atomic mass is 16.5. The molecule has 1 saturated heterocycles. The van der Waals surface area contributed by atoms with Crippen molar-refractivity contribution >= 4 is 17.6 Å². The summed E-state index contributed by atoms with van der Waals surface area (Å²) < 4.78 is 6.03. The molecule has 1 unspecified atom stereocenters. The van der Waals surface area contributed by atoms with E-state index in [4.69, 9.17) is 9.72 Å². The number of fused-ring (bicyclic) bond motifs is 1. The summed E-state index contributed by atoms with van der Waals surface area (Å²) in [6.07, 6.45) is 2.84. The number of pyridine rings is 1. The SMILES string of the molecule is CCCCc1nc(N2CCN(C(=O)C(=O)NCC(C)O)CC2)c(C#N)c2c1COC(C)(C)C2. The molecule has 1 fully saturated rings. The number of hydrogen-bond donors (Lipinski definition) is 2. The van der Waals surface area contributed by atoms with Crippen LogP contribution in [-0.4, -0.2) is 71.2 Å². The van der Waals surface area contributed by atoms with Crippen molar-refractivity contribution in [3.63, 3.8) is 0 Å². The van der Waals surface area contributed by atoms with Crippen molar-refractivity contribution in [3.05, 3.63) is 22.4 Å². The highest BCUT2D eigenvalue weighted by molar-refractivity contribution is 6.35. The summed E-state index contributed by atoms with van der Waals surface area (Å²) in [5.74, 6) is -0.638. The molecular weight excluding hydrogens is 422 g/mol. The Hall–Kier alpha value is -2.70. The maximum absolute atomic E-state index is 12.4. The summed E-state index contributed by atoms with van der Waals surface area (Å²) in [4.78, 5) is 33.0. The monoisotopic (exact) mass is 457 g/mol. The van der Waals surface area contributed by atoms with Crippen LogP contribution in [0.5, 0.6) is 0 Å². The molecule has 0 spiro atoms. The van der Waals surface area contributed by atoms with Crippen molar-refractivity contribution in [1.82, 2.24) is 15.2 Å². The lowest BCUT2D eigenvalue weighted by Gasteiger charge is -2.38. The molecule has 180 valence electrons. The van der Waals surface area contributed by atoms with Crippen LogP contribution in [0, 0.1) is 11.3 Å². The second-order valence-corrected chi connectivity index (χ2v) is 9.49. The number of nitrogens with one attached hydrogen (secondary N) is 1. The quantitative estimate of drug-likeness (QED) is 0.618. The lowest BCUT2D eigenvalue weighted by atomic mass is 9.87. The predicted octanol–water partition coefficient (Wildman–Crippen LogP) is 1.29. The predicted molar refractivity (Wildman–Crippen MR) is 124 cm³/mol. The van der Waals surface area contributed by atoms with E-state index in [0.29, 0.717) is 50.6 Å². The summed E-state index contributed by atoms with van der Waals surface area (Å²) in [7, 11) is 0. The molecule has 0 aliphatic carbocycles. The number of carbonyl (C=O) groups excluding carboxylic acids is 2. The average Bonchev–Trinajstić information content (AvgIpc) is 2.79. The number of aromatic nitrogens is 1. The zero-order chi connectivity index (χ0) is 24.2. The van der Waals surface area contributed by atoms with E-state index in [1.807, 2.05) is 18.7 Å². The van der Waals surface area contributed by atoms with Gasteiger partial charge in [-0.15, -0.1) is 0 Å². The minimum atomic E-state index is -0.713. The van der Waals surface area contributed by atoms with Crippen LogP contribution >= 0.6 is 0 Å². The fraction of sp³-hybridized carbons (Fsp3) is 0.667. The number of rotatable bonds is 6. The van der Waals surface area contributed by atoms with Gasteiger partial charge in [0.05, 0.1) is 23.9 Å². The first-order valence-corrected chi connectivity index (χ1v) is 11.8. The van der Waals surface area contributed by atoms with Gasteiger partial charge in [0.2, 0.25) is 0 Å². The van der Waals surface area contributed by atoms with E-state index in [0.717, 1.165) is 36.1 Å². The smallest absolute Gasteiger partial charge is 0.312 e. The van der Waals surface area contributed by atoms with Crippen molar-refractivity contribution in [2.75, 3.05) is 37.6 Å². The number of aliphatic hydroxyl groups excluding tert-OH is 1. The molecule has 2 amide bonds. The van der Waals surface area contributed by atoms with Gasteiger partial charge in [-0.1, -0.05) is 13.3 Å². The molecule has 2 aliphatic heterocycles. The Bertz CT molecular complexity index is 930. The van der Waals surface area contributed by atoms with E-state index in [1.54, 1.807) is 6.92 Å². The summed E-state index contributed by atoms with van der Waals surface area (Å²) >= 11 is 0. The molecule has 3 heterocycles. The van der Waals surface area contributed by atoms with Crippen molar-refractivity contribution in [2.24, 2.45) is 0 Å². The highest BCUT2D eigenvalue weighted by Gasteiger charge is 2.34. The van der Waals surface area contributed by atoms with Crippen LogP contribution in [0.4, 0.5) is 5.82 Å². The molecule has 0 aromatic carbocycles. The Morgan fingerprint density at radius 3 is 2.58 bits per heavy atom. The van der Waals surface area contributed by atoms with Gasteiger partial charge >= 0.3 is 11.8 Å². The summed E-state index contributed by atoms with van der Waals surface area (Å²) in [6, 6.07) is 2.39. The van der Waals surface area contributed by atoms with Crippen molar-refractivity contribution in [3.8, 4) is 6.07 Å². The van der Waals surface area contributed by atoms with E-state index in [-0.39, 0.29) is 12.1 Å². The summed E-state index contributed by atoms with van der Waals surface area (Å²) in [6.45, 7) is 9.97. The highest BCUT2D eigenvalue weighted by Crippen LogP contribution is 2.36. The van der Waals surface area contributed by atoms with E-state index in [1.165, 1.54) is 4.90 Å². The van der Waals surface area contributed by atoms with Gasteiger partial charge in [0.15, 0.2) is 0 Å². The molecule has 33 heavy (non-hydrogen) atoms. The van der Waals surface area contributed by atoms with Gasteiger partial charge in [0, 0.05) is 50.4 Å². The number of hydrogen-bond acceptors (Lipinski definition) is 7. The van der Waals surface area contributed by atoms with Gasteiger partial charge in [-0.05, 0) is 39.2 Å². The van der Waals surface area contributed by atoms with E-state index >= 15 is 0 Å². The van der Waals surface area contributed by atoms with Gasteiger partial charge in [0.1, 0.15) is 11.9 Å². The molecule has 1 aromatic heterocycles. The molecule has 9 heteroatoms. The molecular formula is C24H35N5O4. The van der Waals surface area contributed by atoms with Gasteiger partial charge < -0.3 is 25.0 Å². The van der Waals surface area contributed by atoms with E-state index in [9.17, 15) is 20.0 Å². The van der Waals surface area contributed by atoms with Crippen LogP contribution in [0.2, 0.25) is 0 Å². The first-order chi connectivity index (χ1) is 15.7. The molecule has 0 bridgehead atoms. The normalized spacial score (nSPS) is 18.3. The summed E-state index contributed by atoms with van der Waals surface area (Å²) in [5.41, 5.74) is 3.32. The molecule has 9 nitrogen and oxygen atoms in total.